The summed E-state index contributed by atoms with van der Waals surface area (Å²) in [5, 5.41) is 1.35. The topological polar surface area (TPSA) is 0 Å². The molecule has 0 fully saturated rings. The quantitative estimate of drug-likeness (QED) is 0.600. The third kappa shape index (κ3) is 6.34. The van der Waals surface area contributed by atoms with Gasteiger partial charge in [-0.15, -0.1) is 0 Å². The second-order valence-electron chi connectivity index (χ2n) is 3.90. The molecule has 0 N–H and O–H groups in total. The fraction of sp³-hybridized carbons (Fsp3) is 0.500. The smallest absolute Gasteiger partial charge is 0.160 e. The van der Waals surface area contributed by atoms with Crippen molar-refractivity contribution >= 4 is 39.3 Å². The zero-order valence-corrected chi connectivity index (χ0v) is 12.7. The number of rotatable bonds is 6. The number of halogens is 5. The van der Waals surface area contributed by atoms with Gasteiger partial charge in [0.15, 0.2) is 0 Å². The van der Waals surface area contributed by atoms with E-state index in [4.69, 9.17) is 11.6 Å². The van der Waals surface area contributed by atoms with Crippen molar-refractivity contribution in [1.82, 2.24) is 0 Å². The van der Waals surface area contributed by atoms with Crippen LogP contribution in [0, 0.1) is 5.92 Å². The van der Waals surface area contributed by atoms with Gasteiger partial charge in [-0.25, -0.2) is 0 Å². The Labute approximate surface area is 122 Å². The molecule has 18 heavy (non-hydrogen) atoms. The molecule has 1 unspecified atom stereocenters. The molecule has 0 nitrogen and oxygen atoms in total. The van der Waals surface area contributed by atoms with E-state index < -0.39 is 5.51 Å². The Balaban J connectivity index is 2.45. The lowest BCUT2D eigenvalue weighted by Crippen LogP contribution is -2.10. The molecule has 6 heteroatoms. The van der Waals surface area contributed by atoms with Gasteiger partial charge in [0.05, 0.1) is 0 Å². The van der Waals surface area contributed by atoms with Crippen molar-refractivity contribution < 1.29 is 13.2 Å². The largest absolute Gasteiger partial charge is 0.441 e. The molecule has 0 saturated carbocycles. The summed E-state index contributed by atoms with van der Waals surface area (Å²) in [4.78, 5) is 0. The number of thioether (sulfide) groups is 1. The van der Waals surface area contributed by atoms with Crippen molar-refractivity contribution in [3.8, 4) is 0 Å². The molecule has 0 radical (unpaired) electrons. The number of hydrogen-bond acceptors (Lipinski definition) is 1. The van der Waals surface area contributed by atoms with Crippen LogP contribution < -0.4 is 0 Å². The molecule has 0 aromatic heterocycles. The van der Waals surface area contributed by atoms with Crippen LogP contribution in [0.4, 0.5) is 13.2 Å². The average molecular weight is 362 g/mol. The van der Waals surface area contributed by atoms with E-state index in [1.807, 2.05) is 18.2 Å². The van der Waals surface area contributed by atoms with Crippen LogP contribution in [0.1, 0.15) is 12.0 Å². The molecule has 0 aliphatic rings. The molecule has 0 heterocycles. The van der Waals surface area contributed by atoms with Gasteiger partial charge >= 0.3 is 5.51 Å². The number of benzene rings is 1. The lowest BCUT2D eigenvalue weighted by molar-refractivity contribution is -0.0328. The zero-order chi connectivity index (χ0) is 13.6. The van der Waals surface area contributed by atoms with Crippen molar-refractivity contribution in [2.75, 3.05) is 11.1 Å². The van der Waals surface area contributed by atoms with E-state index in [1.165, 1.54) is 0 Å². The fourth-order valence-electron chi connectivity index (χ4n) is 1.55. The van der Waals surface area contributed by atoms with E-state index in [0.717, 1.165) is 5.56 Å². The maximum Gasteiger partial charge on any atom is 0.441 e. The van der Waals surface area contributed by atoms with Crippen LogP contribution in [0.25, 0.3) is 0 Å². The Morgan fingerprint density at radius 1 is 1.28 bits per heavy atom. The van der Waals surface area contributed by atoms with Gasteiger partial charge in [-0.3, -0.25) is 0 Å². The van der Waals surface area contributed by atoms with E-state index in [0.29, 0.717) is 23.2 Å². The highest BCUT2D eigenvalue weighted by molar-refractivity contribution is 9.09. The van der Waals surface area contributed by atoms with Crippen LogP contribution in [0.5, 0.6) is 0 Å². The molecular formula is C12H13BrClF3S. The van der Waals surface area contributed by atoms with Gasteiger partial charge in [0.2, 0.25) is 0 Å². The highest BCUT2D eigenvalue weighted by Crippen LogP contribution is 2.32. The van der Waals surface area contributed by atoms with Crippen LogP contribution in [-0.4, -0.2) is 16.6 Å². The van der Waals surface area contributed by atoms with E-state index in [2.05, 4.69) is 15.9 Å². The number of hydrogen-bond donors (Lipinski definition) is 0. The van der Waals surface area contributed by atoms with Crippen molar-refractivity contribution in [3.05, 3.63) is 34.9 Å². The molecule has 0 aliphatic heterocycles. The van der Waals surface area contributed by atoms with Gasteiger partial charge in [0.25, 0.3) is 0 Å². The van der Waals surface area contributed by atoms with Crippen molar-refractivity contribution in [1.29, 1.82) is 0 Å². The Hall–Kier alpha value is 0.130. The van der Waals surface area contributed by atoms with Gasteiger partial charge < -0.3 is 0 Å². The molecule has 0 bridgehead atoms. The Morgan fingerprint density at radius 3 is 2.50 bits per heavy atom. The summed E-state index contributed by atoms with van der Waals surface area (Å²) in [5.74, 6) is 0.254. The molecule has 0 saturated heterocycles. The lowest BCUT2D eigenvalue weighted by Gasteiger charge is -2.15. The van der Waals surface area contributed by atoms with Crippen LogP contribution in [-0.2, 0) is 6.42 Å². The molecule has 0 spiro atoms. The molecule has 0 amide bonds. The minimum Gasteiger partial charge on any atom is -0.160 e. The first-order valence-corrected chi connectivity index (χ1v) is 7.91. The SMILES string of the molecule is FC(F)(F)SCCC(CBr)Cc1ccccc1Cl. The molecular weight excluding hydrogens is 349 g/mol. The van der Waals surface area contributed by atoms with E-state index in [9.17, 15) is 13.2 Å². The first-order valence-electron chi connectivity index (χ1n) is 5.42. The summed E-state index contributed by atoms with van der Waals surface area (Å²) in [5.41, 5.74) is -3.15. The second-order valence-corrected chi connectivity index (χ2v) is 6.11. The predicted octanol–water partition coefficient (Wildman–Crippen LogP) is 5.54. The normalized spacial score (nSPS) is 13.6. The molecule has 1 atom stereocenters. The first kappa shape index (κ1) is 16.2. The maximum absolute atomic E-state index is 12.0. The standard InChI is InChI=1S/C12H13BrClF3S/c13-8-9(5-6-18-12(15,16)17)7-10-3-1-2-4-11(10)14/h1-4,9H,5-8H2. The van der Waals surface area contributed by atoms with E-state index in [1.54, 1.807) is 6.07 Å². The van der Waals surface area contributed by atoms with Gasteiger partial charge in [-0.2, -0.15) is 13.2 Å². The zero-order valence-electron chi connectivity index (χ0n) is 9.51. The third-order valence-electron chi connectivity index (χ3n) is 2.48. The van der Waals surface area contributed by atoms with Crippen molar-refractivity contribution in [3.63, 3.8) is 0 Å². The third-order valence-corrected chi connectivity index (χ3v) is 4.53. The monoisotopic (exact) mass is 360 g/mol. The molecule has 102 valence electrons. The van der Waals surface area contributed by atoms with Crippen LogP contribution >= 0.6 is 39.3 Å². The molecule has 1 rings (SSSR count). The fourth-order valence-corrected chi connectivity index (χ4v) is 3.00. The predicted molar refractivity (Wildman–Crippen MR) is 75.6 cm³/mol. The summed E-state index contributed by atoms with van der Waals surface area (Å²) < 4.78 is 36.1. The van der Waals surface area contributed by atoms with Crippen LogP contribution in [0.15, 0.2) is 24.3 Å². The van der Waals surface area contributed by atoms with Gasteiger partial charge in [0.1, 0.15) is 0 Å². The Morgan fingerprint density at radius 2 is 1.94 bits per heavy atom. The van der Waals surface area contributed by atoms with E-state index in [-0.39, 0.29) is 23.4 Å². The maximum atomic E-state index is 12.0. The summed E-state index contributed by atoms with van der Waals surface area (Å²) in [7, 11) is 0. The van der Waals surface area contributed by atoms with Gasteiger partial charge in [-0.05, 0) is 30.4 Å². The van der Waals surface area contributed by atoms with Gasteiger partial charge in [-0.1, -0.05) is 57.5 Å². The van der Waals surface area contributed by atoms with Crippen molar-refractivity contribution in [2.24, 2.45) is 5.92 Å². The average Bonchev–Trinajstić information content (AvgIpc) is 2.29. The summed E-state index contributed by atoms with van der Waals surface area (Å²) in [6.07, 6.45) is 1.21. The Kier molecular flexibility index (Phi) is 6.88. The minimum atomic E-state index is -4.14. The highest BCUT2D eigenvalue weighted by atomic mass is 79.9. The lowest BCUT2D eigenvalue weighted by atomic mass is 9.99. The minimum absolute atomic E-state index is 0.0382. The number of alkyl halides is 4. The summed E-state index contributed by atoms with van der Waals surface area (Å²) >= 11 is 9.41. The summed E-state index contributed by atoms with van der Waals surface area (Å²) in [6, 6.07) is 7.44. The molecule has 1 aromatic rings. The Bertz CT molecular complexity index is 371. The first-order chi connectivity index (χ1) is 8.42. The summed E-state index contributed by atoms with van der Waals surface area (Å²) in [6.45, 7) is 0. The second kappa shape index (κ2) is 7.65. The van der Waals surface area contributed by atoms with Crippen molar-refractivity contribution in [2.45, 2.75) is 18.3 Å². The van der Waals surface area contributed by atoms with Gasteiger partial charge in [0, 0.05) is 16.1 Å². The molecule has 1 aromatic carbocycles. The van der Waals surface area contributed by atoms with E-state index >= 15 is 0 Å². The highest BCUT2D eigenvalue weighted by Gasteiger charge is 2.28. The van der Waals surface area contributed by atoms with Crippen LogP contribution in [0.2, 0.25) is 5.02 Å². The van der Waals surface area contributed by atoms with Crippen LogP contribution in [0.3, 0.4) is 0 Å². The molecule has 0 aliphatic carbocycles.